The minimum atomic E-state index is -3.77. The molecule has 10 heteroatoms. The van der Waals surface area contributed by atoms with Crippen molar-refractivity contribution in [2.24, 2.45) is 0 Å². The fourth-order valence-electron chi connectivity index (χ4n) is 3.01. The summed E-state index contributed by atoms with van der Waals surface area (Å²) >= 11 is 3.34. The second kappa shape index (κ2) is 10.6. The molecule has 2 aromatic carbocycles. The molecule has 2 rings (SSSR count). The standard InChI is InChI=1S/C21H26BrN3O5S/c1-15(21(27)23-2)24(13-16-8-7-9-17(12-16)30-3)20(26)14-25(31(4,28)29)19-11-6-5-10-18(19)22/h5-12,15H,13-14H2,1-4H3,(H,23,27). The Morgan fingerprint density at radius 1 is 1.16 bits per heavy atom. The normalized spacial score (nSPS) is 12.0. The van der Waals surface area contributed by atoms with Gasteiger partial charge in [-0.15, -0.1) is 0 Å². The van der Waals surface area contributed by atoms with E-state index in [0.717, 1.165) is 16.1 Å². The Labute approximate surface area is 191 Å². The summed E-state index contributed by atoms with van der Waals surface area (Å²) in [7, 11) is -0.747. The van der Waals surface area contributed by atoms with Crippen LogP contribution in [0.25, 0.3) is 0 Å². The zero-order valence-corrected chi connectivity index (χ0v) is 20.2. The highest BCUT2D eigenvalue weighted by atomic mass is 79.9. The second-order valence-corrected chi connectivity index (χ2v) is 9.65. The van der Waals surface area contributed by atoms with Gasteiger partial charge in [0.05, 0.1) is 19.1 Å². The number of hydrogen-bond donors (Lipinski definition) is 1. The monoisotopic (exact) mass is 511 g/mol. The van der Waals surface area contributed by atoms with E-state index in [-0.39, 0.29) is 12.5 Å². The fourth-order valence-corrected chi connectivity index (χ4v) is 4.49. The molecule has 0 spiro atoms. The van der Waals surface area contributed by atoms with Crippen molar-refractivity contribution in [3.8, 4) is 5.75 Å². The van der Waals surface area contributed by atoms with E-state index in [1.165, 1.54) is 19.1 Å². The van der Waals surface area contributed by atoms with Crippen LogP contribution in [0.3, 0.4) is 0 Å². The van der Waals surface area contributed by atoms with Crippen LogP contribution >= 0.6 is 15.9 Å². The van der Waals surface area contributed by atoms with Gasteiger partial charge in [0.25, 0.3) is 0 Å². The highest BCUT2D eigenvalue weighted by Crippen LogP contribution is 2.28. The van der Waals surface area contributed by atoms with Crippen LogP contribution in [0.1, 0.15) is 12.5 Å². The maximum Gasteiger partial charge on any atom is 0.244 e. The molecule has 0 saturated heterocycles. The zero-order valence-electron chi connectivity index (χ0n) is 17.8. The summed E-state index contributed by atoms with van der Waals surface area (Å²) in [4.78, 5) is 27.0. The van der Waals surface area contributed by atoms with E-state index in [2.05, 4.69) is 21.2 Å². The molecular weight excluding hydrogens is 486 g/mol. The minimum Gasteiger partial charge on any atom is -0.497 e. The number of amides is 2. The van der Waals surface area contributed by atoms with Crippen LogP contribution in [-0.4, -0.2) is 58.1 Å². The van der Waals surface area contributed by atoms with Crippen LogP contribution in [0.2, 0.25) is 0 Å². The van der Waals surface area contributed by atoms with Crippen molar-refractivity contribution in [1.82, 2.24) is 10.2 Å². The SMILES string of the molecule is CNC(=O)C(C)N(Cc1cccc(OC)c1)C(=O)CN(c1ccccc1Br)S(C)(=O)=O. The average Bonchev–Trinajstić information content (AvgIpc) is 2.74. The quantitative estimate of drug-likeness (QED) is 0.557. The number of anilines is 1. The van der Waals surface area contributed by atoms with Gasteiger partial charge < -0.3 is 15.0 Å². The van der Waals surface area contributed by atoms with Crippen LogP contribution in [0.4, 0.5) is 5.69 Å². The van der Waals surface area contributed by atoms with Crippen molar-refractivity contribution in [3.63, 3.8) is 0 Å². The molecule has 0 aliphatic carbocycles. The maximum atomic E-state index is 13.3. The summed E-state index contributed by atoms with van der Waals surface area (Å²) in [5, 5.41) is 2.54. The third-order valence-corrected chi connectivity index (χ3v) is 6.50. The number of benzene rings is 2. The van der Waals surface area contributed by atoms with Crippen LogP contribution in [0.5, 0.6) is 5.75 Å². The van der Waals surface area contributed by atoms with Crippen LogP contribution in [0, 0.1) is 0 Å². The number of rotatable bonds is 9. The van der Waals surface area contributed by atoms with Crippen molar-refractivity contribution in [2.45, 2.75) is 19.5 Å². The summed E-state index contributed by atoms with van der Waals surface area (Å²) in [6, 6.07) is 13.0. The fraction of sp³-hybridized carbons (Fsp3) is 0.333. The smallest absolute Gasteiger partial charge is 0.244 e. The molecule has 0 aromatic heterocycles. The van der Waals surface area contributed by atoms with E-state index in [0.29, 0.717) is 15.9 Å². The van der Waals surface area contributed by atoms with Gasteiger partial charge in [-0.2, -0.15) is 0 Å². The minimum absolute atomic E-state index is 0.109. The molecule has 0 heterocycles. The number of carbonyl (C=O) groups is 2. The van der Waals surface area contributed by atoms with Gasteiger partial charge in [0.1, 0.15) is 18.3 Å². The lowest BCUT2D eigenvalue weighted by Gasteiger charge is -2.31. The topological polar surface area (TPSA) is 96.0 Å². The second-order valence-electron chi connectivity index (χ2n) is 6.88. The number of halogens is 1. The summed E-state index contributed by atoms with van der Waals surface area (Å²) < 4.78 is 31.8. The Bertz CT molecular complexity index is 1040. The van der Waals surface area contributed by atoms with Crippen LogP contribution in [-0.2, 0) is 26.2 Å². The first kappa shape index (κ1) is 24.7. The summed E-state index contributed by atoms with van der Waals surface area (Å²) in [5.41, 5.74) is 1.09. The van der Waals surface area contributed by atoms with Crippen LogP contribution < -0.4 is 14.4 Å². The van der Waals surface area contributed by atoms with E-state index in [4.69, 9.17) is 4.74 Å². The largest absolute Gasteiger partial charge is 0.497 e. The molecule has 0 radical (unpaired) electrons. The average molecular weight is 512 g/mol. The molecule has 2 amide bonds. The van der Waals surface area contributed by atoms with Gasteiger partial charge in [0, 0.05) is 18.1 Å². The van der Waals surface area contributed by atoms with Crippen molar-refractivity contribution in [3.05, 3.63) is 58.6 Å². The number of sulfonamides is 1. The number of hydrogen-bond acceptors (Lipinski definition) is 5. The van der Waals surface area contributed by atoms with Gasteiger partial charge in [-0.05, 0) is 52.7 Å². The molecule has 1 unspecified atom stereocenters. The molecule has 8 nitrogen and oxygen atoms in total. The highest BCUT2D eigenvalue weighted by Gasteiger charge is 2.30. The highest BCUT2D eigenvalue weighted by molar-refractivity contribution is 9.10. The van der Waals surface area contributed by atoms with E-state index in [9.17, 15) is 18.0 Å². The van der Waals surface area contributed by atoms with Crippen LogP contribution in [0.15, 0.2) is 53.0 Å². The van der Waals surface area contributed by atoms with Crippen molar-refractivity contribution in [2.75, 3.05) is 31.3 Å². The van der Waals surface area contributed by atoms with Crippen molar-refractivity contribution < 1.29 is 22.7 Å². The summed E-state index contributed by atoms with van der Waals surface area (Å²) in [5.74, 6) is -0.258. The molecule has 1 N–H and O–H groups in total. The maximum absolute atomic E-state index is 13.3. The molecule has 0 aliphatic heterocycles. The molecule has 0 saturated carbocycles. The number of likely N-dealkylation sites (N-methyl/N-ethyl adjacent to an activating group) is 1. The molecular formula is C21H26BrN3O5S. The molecule has 1 atom stereocenters. The van der Waals surface area contributed by atoms with E-state index in [1.54, 1.807) is 49.4 Å². The predicted octanol–water partition coefficient (Wildman–Crippen LogP) is 2.39. The van der Waals surface area contributed by atoms with E-state index in [1.807, 2.05) is 6.07 Å². The van der Waals surface area contributed by atoms with Gasteiger partial charge in [0.2, 0.25) is 21.8 Å². The third kappa shape index (κ3) is 6.44. The Kier molecular flexibility index (Phi) is 8.46. The number of carbonyl (C=O) groups excluding carboxylic acids is 2. The number of ether oxygens (including phenoxy) is 1. The summed E-state index contributed by atoms with van der Waals surface area (Å²) in [6.45, 7) is 1.26. The molecule has 31 heavy (non-hydrogen) atoms. The van der Waals surface area contributed by atoms with E-state index >= 15 is 0 Å². The van der Waals surface area contributed by atoms with Gasteiger partial charge in [-0.25, -0.2) is 8.42 Å². The lowest BCUT2D eigenvalue weighted by Crippen LogP contribution is -2.50. The van der Waals surface area contributed by atoms with E-state index < -0.39 is 28.5 Å². The Hall–Kier alpha value is -2.59. The number of methoxy groups -OCH3 is 1. The lowest BCUT2D eigenvalue weighted by atomic mass is 10.1. The number of nitrogens with zero attached hydrogens (tertiary/aromatic N) is 2. The third-order valence-electron chi connectivity index (χ3n) is 4.70. The van der Waals surface area contributed by atoms with Crippen molar-refractivity contribution >= 4 is 43.5 Å². The Morgan fingerprint density at radius 3 is 2.42 bits per heavy atom. The zero-order chi connectivity index (χ0) is 23.2. The lowest BCUT2D eigenvalue weighted by molar-refractivity contribution is -0.139. The first-order chi connectivity index (χ1) is 14.6. The van der Waals surface area contributed by atoms with Gasteiger partial charge in [-0.1, -0.05) is 24.3 Å². The number of nitrogens with one attached hydrogen (secondary N) is 1. The van der Waals surface area contributed by atoms with Gasteiger partial charge in [-0.3, -0.25) is 13.9 Å². The van der Waals surface area contributed by atoms with Crippen molar-refractivity contribution in [1.29, 1.82) is 0 Å². The molecule has 0 bridgehead atoms. The Balaban J connectivity index is 2.40. The molecule has 0 fully saturated rings. The Morgan fingerprint density at radius 2 is 1.84 bits per heavy atom. The predicted molar refractivity (Wildman–Crippen MR) is 123 cm³/mol. The molecule has 2 aromatic rings. The molecule has 168 valence electrons. The summed E-state index contributed by atoms with van der Waals surface area (Å²) in [6.07, 6.45) is 1.04. The first-order valence-corrected chi connectivity index (χ1v) is 12.1. The first-order valence-electron chi connectivity index (χ1n) is 9.44. The molecule has 0 aliphatic rings. The van der Waals surface area contributed by atoms with Gasteiger partial charge in [0.15, 0.2) is 0 Å². The van der Waals surface area contributed by atoms with Gasteiger partial charge >= 0.3 is 0 Å². The number of para-hydroxylation sites is 1.